The van der Waals surface area contributed by atoms with Gasteiger partial charge in [0, 0.05) is 35.6 Å². The molecule has 1 saturated carbocycles. The van der Waals surface area contributed by atoms with Crippen molar-refractivity contribution in [2.45, 2.75) is 56.8 Å². The van der Waals surface area contributed by atoms with Crippen molar-refractivity contribution in [3.63, 3.8) is 0 Å². The predicted octanol–water partition coefficient (Wildman–Crippen LogP) is 3.21. The zero-order valence-electron chi connectivity index (χ0n) is 18.4. The fraction of sp³-hybridized carbons (Fsp3) is 0.522. The van der Waals surface area contributed by atoms with Gasteiger partial charge in [-0.3, -0.25) is 4.79 Å². The van der Waals surface area contributed by atoms with Crippen molar-refractivity contribution in [3.05, 3.63) is 39.4 Å². The molecule has 3 heterocycles. The summed E-state index contributed by atoms with van der Waals surface area (Å²) in [7, 11) is 0. The number of nitrogens with two attached hydrogens (primary N) is 1. The van der Waals surface area contributed by atoms with Crippen molar-refractivity contribution in [2.24, 2.45) is 11.7 Å². The number of carbonyl (C=O) groups excluding carboxylic acids is 2. The van der Waals surface area contributed by atoms with Crippen molar-refractivity contribution < 1.29 is 31.9 Å². The van der Waals surface area contributed by atoms with Crippen molar-refractivity contribution in [2.75, 3.05) is 18.0 Å². The first-order valence-corrected chi connectivity index (χ1v) is 11.2. The Balaban J connectivity index is 1.60. The van der Waals surface area contributed by atoms with Crippen LogP contribution in [-0.4, -0.2) is 41.3 Å². The average molecular weight is 481 g/mol. The average Bonchev–Trinajstić information content (AvgIpc) is 3.31. The first-order chi connectivity index (χ1) is 15.9. The molecule has 1 aromatic carbocycles. The lowest BCUT2D eigenvalue weighted by atomic mass is 9.93. The third-order valence-electron chi connectivity index (χ3n) is 7.38. The number of esters is 2. The van der Waals surface area contributed by atoms with Crippen molar-refractivity contribution in [1.82, 2.24) is 4.57 Å². The highest BCUT2D eigenvalue weighted by molar-refractivity contribution is 6.01. The lowest BCUT2D eigenvalue weighted by molar-refractivity contribution is -0.193. The number of benzene rings is 1. The second-order valence-corrected chi connectivity index (χ2v) is 9.58. The minimum atomic E-state index is -5.39. The highest BCUT2D eigenvalue weighted by Gasteiger charge is 2.48. The van der Waals surface area contributed by atoms with Crippen molar-refractivity contribution in [1.29, 1.82) is 0 Å². The number of alkyl halides is 3. The summed E-state index contributed by atoms with van der Waals surface area (Å²) in [6.45, 7) is 2.97. The molecule has 1 unspecified atom stereocenters. The van der Waals surface area contributed by atoms with Crippen LogP contribution in [0, 0.1) is 11.7 Å². The van der Waals surface area contributed by atoms with Gasteiger partial charge in [0.05, 0.1) is 11.2 Å². The highest BCUT2D eigenvalue weighted by atomic mass is 19.4. The van der Waals surface area contributed by atoms with E-state index in [-0.39, 0.29) is 16.8 Å². The van der Waals surface area contributed by atoms with Gasteiger partial charge in [0.15, 0.2) is 0 Å². The number of hydrogen-bond donors (Lipinski definition) is 1. The molecule has 2 aliphatic heterocycles. The first kappa shape index (κ1) is 22.8. The summed E-state index contributed by atoms with van der Waals surface area (Å²) in [4.78, 5) is 38.5. The number of pyridine rings is 1. The quantitative estimate of drug-likeness (QED) is 0.411. The van der Waals surface area contributed by atoms with Crippen LogP contribution in [0.4, 0.5) is 23.2 Å². The van der Waals surface area contributed by atoms with E-state index in [4.69, 9.17) is 5.73 Å². The molecule has 3 aliphatic rings. The minimum absolute atomic E-state index is 0.182. The number of nitrogens with zero attached hydrogens (tertiary/aromatic N) is 2. The second-order valence-electron chi connectivity index (χ2n) is 9.58. The van der Waals surface area contributed by atoms with Crippen LogP contribution < -0.4 is 16.2 Å². The monoisotopic (exact) mass is 481 g/mol. The smallest absolute Gasteiger partial charge is 0.382 e. The number of anilines is 1. The maximum Gasteiger partial charge on any atom is 0.491 e. The first-order valence-electron chi connectivity index (χ1n) is 11.2. The van der Waals surface area contributed by atoms with Crippen LogP contribution in [0.3, 0.4) is 0 Å². The Morgan fingerprint density at radius 2 is 1.91 bits per heavy atom. The third-order valence-corrected chi connectivity index (χ3v) is 7.38. The molecule has 2 N–H and O–H groups in total. The molecule has 7 nitrogen and oxygen atoms in total. The van der Waals surface area contributed by atoms with Gasteiger partial charge >= 0.3 is 18.1 Å². The van der Waals surface area contributed by atoms with Gasteiger partial charge in [-0.25, -0.2) is 14.0 Å². The van der Waals surface area contributed by atoms with E-state index in [1.165, 1.54) is 10.6 Å². The molecule has 1 saturated heterocycles. The normalized spacial score (nSPS) is 23.3. The molecule has 2 aromatic rings. The Kier molecular flexibility index (Phi) is 5.05. The number of rotatable bonds is 3. The van der Waals surface area contributed by atoms with E-state index in [1.54, 1.807) is 6.92 Å². The van der Waals surface area contributed by atoms with Gasteiger partial charge in [0.1, 0.15) is 11.4 Å². The van der Waals surface area contributed by atoms with Gasteiger partial charge < -0.3 is 19.9 Å². The molecule has 0 spiro atoms. The Hall–Kier alpha value is -2.95. The highest BCUT2D eigenvalue weighted by Crippen LogP contribution is 2.46. The van der Waals surface area contributed by atoms with E-state index >= 15 is 4.39 Å². The van der Waals surface area contributed by atoms with Crippen LogP contribution in [0.25, 0.3) is 10.9 Å². The Morgan fingerprint density at radius 3 is 2.56 bits per heavy atom. The Bertz CT molecular complexity index is 1280. The molecule has 1 aliphatic carbocycles. The summed E-state index contributed by atoms with van der Waals surface area (Å²) >= 11 is 0. The number of aromatic nitrogens is 1. The number of halogens is 4. The van der Waals surface area contributed by atoms with E-state index in [2.05, 4.69) is 4.74 Å². The summed E-state index contributed by atoms with van der Waals surface area (Å²) in [6, 6.07) is 1.78. The Morgan fingerprint density at radius 1 is 1.21 bits per heavy atom. The zero-order chi connectivity index (χ0) is 24.6. The van der Waals surface area contributed by atoms with E-state index in [0.717, 1.165) is 25.3 Å². The SMILES string of the molecule is CC1CCc2c(N3CC[C@@H](C4(N)CC4)C3)c(F)cc3cc(C(=O)OC(=O)C(F)(F)F)c(=O)n1c23. The van der Waals surface area contributed by atoms with Gasteiger partial charge in [0.25, 0.3) is 5.56 Å². The largest absolute Gasteiger partial charge is 0.491 e. The van der Waals surface area contributed by atoms with E-state index in [0.29, 0.717) is 42.7 Å². The van der Waals surface area contributed by atoms with Crippen LogP contribution in [0.5, 0.6) is 0 Å². The maximum absolute atomic E-state index is 15.4. The minimum Gasteiger partial charge on any atom is -0.382 e. The number of aryl methyl sites for hydroxylation is 1. The Labute approximate surface area is 191 Å². The van der Waals surface area contributed by atoms with E-state index in [1.807, 2.05) is 4.90 Å². The van der Waals surface area contributed by atoms with Gasteiger partial charge in [0.2, 0.25) is 0 Å². The van der Waals surface area contributed by atoms with Crippen molar-refractivity contribution in [3.8, 4) is 0 Å². The molecule has 11 heteroatoms. The molecule has 0 radical (unpaired) electrons. The van der Waals surface area contributed by atoms with Crippen LogP contribution in [0.15, 0.2) is 16.9 Å². The van der Waals surface area contributed by atoms with E-state index in [9.17, 15) is 27.6 Å². The van der Waals surface area contributed by atoms with Gasteiger partial charge in [-0.1, -0.05) is 0 Å². The number of carbonyl (C=O) groups is 2. The predicted molar refractivity (Wildman–Crippen MR) is 114 cm³/mol. The van der Waals surface area contributed by atoms with Crippen LogP contribution in [0.1, 0.15) is 54.6 Å². The lowest BCUT2D eigenvalue weighted by Crippen LogP contribution is -2.36. The zero-order valence-corrected chi connectivity index (χ0v) is 18.4. The van der Waals surface area contributed by atoms with Crippen molar-refractivity contribution >= 4 is 28.5 Å². The molecule has 0 amide bonds. The maximum atomic E-state index is 15.4. The van der Waals surface area contributed by atoms with Gasteiger partial charge in [-0.15, -0.1) is 0 Å². The molecule has 1 aromatic heterocycles. The summed E-state index contributed by atoms with van der Waals surface area (Å²) in [5.74, 6) is -4.73. The molecule has 2 atom stereocenters. The molecule has 182 valence electrons. The summed E-state index contributed by atoms with van der Waals surface area (Å²) in [5, 5.41) is 0.182. The van der Waals surface area contributed by atoms with E-state index < -0.39 is 41.1 Å². The van der Waals surface area contributed by atoms with Crippen LogP contribution >= 0.6 is 0 Å². The molecular weight excluding hydrogens is 458 g/mol. The standard InChI is InChI=1S/C23H23F4N3O4/c1-11-2-3-14-17-12(8-15(19(31)30(11)17)20(32)34-21(33)23(25,26)27)9-16(24)18(14)29-7-4-13(10-29)22(28)5-6-22/h8-9,11,13H,2-7,10,28H2,1H3/t11?,13-/m1/s1. The molecule has 2 fully saturated rings. The van der Waals surface area contributed by atoms with Crippen LogP contribution in [0.2, 0.25) is 0 Å². The molecule has 0 bridgehead atoms. The third kappa shape index (κ3) is 3.57. The fourth-order valence-electron chi connectivity index (χ4n) is 5.36. The molecular formula is C23H23F4N3O4. The fourth-order valence-corrected chi connectivity index (χ4v) is 5.36. The topological polar surface area (TPSA) is 94.6 Å². The van der Waals surface area contributed by atoms with Gasteiger partial charge in [-0.05, 0) is 57.1 Å². The number of hydrogen-bond acceptors (Lipinski definition) is 6. The molecule has 34 heavy (non-hydrogen) atoms. The number of ether oxygens (including phenoxy) is 1. The molecule has 5 rings (SSSR count). The summed E-state index contributed by atoms with van der Waals surface area (Å²) in [6.07, 6.45) is -1.69. The second kappa shape index (κ2) is 7.53. The van der Waals surface area contributed by atoms with Crippen LogP contribution in [-0.2, 0) is 16.0 Å². The summed E-state index contributed by atoms with van der Waals surface area (Å²) < 4.78 is 58.2. The summed E-state index contributed by atoms with van der Waals surface area (Å²) in [5.41, 5.74) is 6.01. The lowest BCUT2D eigenvalue weighted by Gasteiger charge is -2.31. The van der Waals surface area contributed by atoms with Gasteiger partial charge in [-0.2, -0.15) is 13.2 Å².